The summed E-state index contributed by atoms with van der Waals surface area (Å²) < 4.78 is 15.6. The van der Waals surface area contributed by atoms with Gasteiger partial charge in [-0.15, -0.1) is 0 Å². The molecule has 1 amide bonds. The molecular formula is C18H22N2O4. The van der Waals surface area contributed by atoms with Gasteiger partial charge in [-0.3, -0.25) is 4.79 Å². The summed E-state index contributed by atoms with van der Waals surface area (Å²) in [4.78, 5) is 12.3. The van der Waals surface area contributed by atoms with Crippen molar-refractivity contribution in [3.05, 3.63) is 42.5 Å². The van der Waals surface area contributed by atoms with Crippen LogP contribution in [0.3, 0.4) is 0 Å². The van der Waals surface area contributed by atoms with Crippen molar-refractivity contribution in [3.63, 3.8) is 0 Å². The molecule has 1 atom stereocenters. The van der Waals surface area contributed by atoms with Crippen LogP contribution in [-0.4, -0.2) is 33.3 Å². The molecule has 24 heavy (non-hydrogen) atoms. The van der Waals surface area contributed by atoms with E-state index >= 15 is 0 Å². The molecule has 0 saturated heterocycles. The van der Waals surface area contributed by atoms with Gasteiger partial charge < -0.3 is 24.8 Å². The Balaban J connectivity index is 2.02. The van der Waals surface area contributed by atoms with Gasteiger partial charge in [0.2, 0.25) is 5.91 Å². The first-order valence-electron chi connectivity index (χ1n) is 7.51. The zero-order chi connectivity index (χ0) is 17.5. The highest BCUT2D eigenvalue weighted by atomic mass is 16.5. The summed E-state index contributed by atoms with van der Waals surface area (Å²) in [5.74, 6) is 1.88. The van der Waals surface area contributed by atoms with Gasteiger partial charge in [-0.05, 0) is 43.3 Å². The van der Waals surface area contributed by atoms with Gasteiger partial charge in [0, 0.05) is 11.8 Å². The quantitative estimate of drug-likeness (QED) is 0.816. The number of benzene rings is 2. The summed E-state index contributed by atoms with van der Waals surface area (Å²) in [5.41, 5.74) is 1.42. The molecule has 128 valence electrons. The van der Waals surface area contributed by atoms with E-state index < -0.39 is 6.04 Å². The van der Waals surface area contributed by atoms with Crippen molar-refractivity contribution in [2.24, 2.45) is 0 Å². The van der Waals surface area contributed by atoms with Crippen molar-refractivity contribution in [1.29, 1.82) is 0 Å². The highest BCUT2D eigenvalue weighted by molar-refractivity contribution is 5.96. The van der Waals surface area contributed by atoms with E-state index in [0.29, 0.717) is 17.2 Å². The van der Waals surface area contributed by atoms with Gasteiger partial charge in [0.1, 0.15) is 23.3 Å². The van der Waals surface area contributed by atoms with Gasteiger partial charge in [-0.2, -0.15) is 0 Å². The fraction of sp³-hybridized carbons (Fsp3) is 0.278. The van der Waals surface area contributed by atoms with E-state index in [2.05, 4.69) is 10.6 Å². The summed E-state index contributed by atoms with van der Waals surface area (Å²) in [6.07, 6.45) is 0. The molecule has 0 radical (unpaired) electrons. The molecule has 0 saturated carbocycles. The lowest BCUT2D eigenvalue weighted by atomic mass is 10.2. The molecule has 0 aliphatic rings. The molecule has 0 unspecified atom stereocenters. The number of ether oxygens (including phenoxy) is 3. The van der Waals surface area contributed by atoms with Crippen LogP contribution < -0.4 is 24.8 Å². The Hall–Kier alpha value is -2.89. The average Bonchev–Trinajstić information content (AvgIpc) is 2.62. The summed E-state index contributed by atoms with van der Waals surface area (Å²) in [6.45, 7) is 1.78. The predicted molar refractivity (Wildman–Crippen MR) is 94.3 cm³/mol. The molecule has 2 N–H and O–H groups in total. The van der Waals surface area contributed by atoms with Crippen LogP contribution in [0, 0.1) is 0 Å². The number of rotatable bonds is 7. The first kappa shape index (κ1) is 17.5. The summed E-state index contributed by atoms with van der Waals surface area (Å²) >= 11 is 0. The molecule has 0 fully saturated rings. The lowest BCUT2D eigenvalue weighted by Gasteiger charge is -2.18. The lowest BCUT2D eigenvalue weighted by Crippen LogP contribution is -2.32. The third-order valence-corrected chi connectivity index (χ3v) is 3.53. The van der Waals surface area contributed by atoms with Crippen LogP contribution >= 0.6 is 0 Å². The number of carbonyl (C=O) groups excluding carboxylic acids is 1. The van der Waals surface area contributed by atoms with Crippen molar-refractivity contribution in [2.75, 3.05) is 32.0 Å². The van der Waals surface area contributed by atoms with E-state index in [1.165, 1.54) is 0 Å². The Labute approximate surface area is 141 Å². The van der Waals surface area contributed by atoms with Gasteiger partial charge in [-0.25, -0.2) is 0 Å². The Bertz CT molecular complexity index is 686. The maximum Gasteiger partial charge on any atom is 0.246 e. The minimum absolute atomic E-state index is 0.155. The van der Waals surface area contributed by atoms with Crippen LogP contribution in [0.2, 0.25) is 0 Å². The van der Waals surface area contributed by atoms with E-state index in [9.17, 15) is 4.79 Å². The van der Waals surface area contributed by atoms with Crippen molar-refractivity contribution >= 4 is 17.3 Å². The van der Waals surface area contributed by atoms with Crippen molar-refractivity contribution in [1.82, 2.24) is 0 Å². The van der Waals surface area contributed by atoms with E-state index in [1.807, 2.05) is 6.07 Å². The zero-order valence-electron chi connectivity index (χ0n) is 14.3. The number of anilines is 2. The van der Waals surface area contributed by atoms with Crippen LogP contribution in [0.15, 0.2) is 42.5 Å². The standard InChI is InChI=1S/C18H22N2O4/c1-12(18(21)20-13-5-7-14(22-2)8-6-13)19-16-10-9-15(23-3)11-17(16)24-4/h5-12,19H,1-4H3,(H,20,21)/t12-/m1/s1. The molecule has 6 nitrogen and oxygen atoms in total. The van der Waals surface area contributed by atoms with Crippen LogP contribution in [0.1, 0.15) is 6.92 Å². The number of amides is 1. The fourth-order valence-electron chi connectivity index (χ4n) is 2.14. The molecule has 0 aromatic heterocycles. The van der Waals surface area contributed by atoms with Gasteiger partial charge in [0.05, 0.1) is 27.0 Å². The fourth-order valence-corrected chi connectivity index (χ4v) is 2.14. The summed E-state index contributed by atoms with van der Waals surface area (Å²) in [5, 5.41) is 5.99. The molecule has 2 rings (SSSR count). The van der Waals surface area contributed by atoms with Crippen molar-refractivity contribution in [2.45, 2.75) is 13.0 Å². The number of hydrogen-bond acceptors (Lipinski definition) is 5. The number of nitrogens with one attached hydrogen (secondary N) is 2. The normalized spacial score (nSPS) is 11.3. The first-order valence-corrected chi connectivity index (χ1v) is 7.51. The molecule has 0 heterocycles. The third kappa shape index (κ3) is 4.32. The minimum atomic E-state index is -0.450. The second-order valence-electron chi connectivity index (χ2n) is 5.15. The monoisotopic (exact) mass is 330 g/mol. The van der Waals surface area contributed by atoms with Gasteiger partial charge in [0.15, 0.2) is 0 Å². The van der Waals surface area contributed by atoms with Crippen LogP contribution in [0.5, 0.6) is 17.2 Å². The minimum Gasteiger partial charge on any atom is -0.497 e. The highest BCUT2D eigenvalue weighted by Gasteiger charge is 2.15. The van der Waals surface area contributed by atoms with Crippen molar-refractivity contribution < 1.29 is 19.0 Å². The molecule has 6 heteroatoms. The Morgan fingerprint density at radius 2 is 1.54 bits per heavy atom. The molecule has 0 aliphatic heterocycles. The van der Waals surface area contributed by atoms with Crippen LogP contribution in [-0.2, 0) is 4.79 Å². The van der Waals surface area contributed by atoms with Gasteiger partial charge >= 0.3 is 0 Å². The Morgan fingerprint density at radius 1 is 0.917 bits per heavy atom. The van der Waals surface area contributed by atoms with E-state index in [-0.39, 0.29) is 5.91 Å². The van der Waals surface area contributed by atoms with Gasteiger partial charge in [-0.1, -0.05) is 0 Å². The average molecular weight is 330 g/mol. The zero-order valence-corrected chi connectivity index (χ0v) is 14.3. The Morgan fingerprint density at radius 3 is 2.12 bits per heavy atom. The lowest BCUT2D eigenvalue weighted by molar-refractivity contribution is -0.116. The second kappa shape index (κ2) is 8.10. The molecule has 2 aromatic rings. The van der Waals surface area contributed by atoms with Crippen LogP contribution in [0.4, 0.5) is 11.4 Å². The third-order valence-electron chi connectivity index (χ3n) is 3.53. The SMILES string of the molecule is COc1ccc(NC(=O)[C@@H](C)Nc2ccc(OC)cc2OC)cc1. The molecule has 0 bridgehead atoms. The van der Waals surface area contributed by atoms with Crippen molar-refractivity contribution in [3.8, 4) is 17.2 Å². The molecule has 0 spiro atoms. The number of methoxy groups -OCH3 is 3. The molecular weight excluding hydrogens is 308 g/mol. The highest BCUT2D eigenvalue weighted by Crippen LogP contribution is 2.29. The number of hydrogen-bond donors (Lipinski definition) is 2. The molecule has 0 aliphatic carbocycles. The first-order chi connectivity index (χ1) is 11.6. The molecule has 2 aromatic carbocycles. The van der Waals surface area contributed by atoms with E-state index in [4.69, 9.17) is 14.2 Å². The number of carbonyl (C=O) groups is 1. The maximum absolute atomic E-state index is 12.3. The Kier molecular flexibility index (Phi) is 5.89. The summed E-state index contributed by atoms with van der Waals surface area (Å²) in [6, 6.07) is 12.1. The van der Waals surface area contributed by atoms with E-state index in [1.54, 1.807) is 64.7 Å². The van der Waals surface area contributed by atoms with Gasteiger partial charge in [0.25, 0.3) is 0 Å². The topological polar surface area (TPSA) is 68.8 Å². The maximum atomic E-state index is 12.3. The van der Waals surface area contributed by atoms with E-state index in [0.717, 1.165) is 11.4 Å². The second-order valence-corrected chi connectivity index (χ2v) is 5.15. The summed E-state index contributed by atoms with van der Waals surface area (Å²) in [7, 11) is 4.76. The smallest absolute Gasteiger partial charge is 0.246 e. The largest absolute Gasteiger partial charge is 0.497 e. The predicted octanol–water partition coefficient (Wildman–Crippen LogP) is 3.15. The van der Waals surface area contributed by atoms with Crippen LogP contribution in [0.25, 0.3) is 0 Å².